The molecule has 0 aliphatic carbocycles. The van der Waals surface area contributed by atoms with Crippen molar-refractivity contribution in [3.63, 3.8) is 0 Å². The van der Waals surface area contributed by atoms with Gasteiger partial charge in [-0.25, -0.2) is 13.4 Å². The molecule has 0 N–H and O–H groups in total. The Bertz CT molecular complexity index is 627. The summed E-state index contributed by atoms with van der Waals surface area (Å²) in [6.07, 6.45) is 1.28. The van der Waals surface area contributed by atoms with Crippen molar-refractivity contribution < 1.29 is 8.42 Å². The van der Waals surface area contributed by atoms with Crippen molar-refractivity contribution in [3.8, 4) is 0 Å². The summed E-state index contributed by atoms with van der Waals surface area (Å²) in [4.78, 5) is 3.79. The average Bonchev–Trinajstić information content (AvgIpc) is 2.39. The second kappa shape index (κ2) is 5.26. The zero-order valence-corrected chi connectivity index (χ0v) is 11.5. The summed E-state index contributed by atoms with van der Waals surface area (Å²) in [7, 11) is -3.71. The third-order valence-electron chi connectivity index (χ3n) is 2.33. The van der Waals surface area contributed by atoms with Gasteiger partial charge in [-0.15, -0.1) is 0 Å². The summed E-state index contributed by atoms with van der Waals surface area (Å²) in [6.45, 7) is 0. The molecule has 2 aromatic rings. The fourth-order valence-electron chi connectivity index (χ4n) is 1.42. The number of sulfone groups is 1. The lowest BCUT2D eigenvalue weighted by Gasteiger charge is -2.10. The topological polar surface area (TPSA) is 47.0 Å². The first-order valence-corrected chi connectivity index (χ1v) is 7.42. The van der Waals surface area contributed by atoms with Gasteiger partial charge in [-0.05, 0) is 17.7 Å². The number of nitrogens with zero attached hydrogens (tertiary/aromatic N) is 1. The standard InChI is InChI=1S/C12H9Cl2NO2S/c13-10-6-7-11(15-8-10)18(16,17)12(14)9-4-2-1-3-5-9/h1-8,12H. The van der Waals surface area contributed by atoms with Gasteiger partial charge in [0.25, 0.3) is 0 Å². The number of benzene rings is 1. The van der Waals surface area contributed by atoms with Crippen LogP contribution in [0.3, 0.4) is 0 Å². The quantitative estimate of drug-likeness (QED) is 0.816. The third kappa shape index (κ3) is 2.66. The molecule has 3 nitrogen and oxygen atoms in total. The van der Waals surface area contributed by atoms with E-state index >= 15 is 0 Å². The smallest absolute Gasteiger partial charge is 0.216 e. The summed E-state index contributed by atoms with van der Waals surface area (Å²) in [5.41, 5.74) is 0.510. The summed E-state index contributed by atoms with van der Waals surface area (Å²) >= 11 is 11.7. The minimum Gasteiger partial charge on any atom is -0.243 e. The van der Waals surface area contributed by atoms with E-state index in [4.69, 9.17) is 23.2 Å². The highest BCUT2D eigenvalue weighted by atomic mass is 35.5. The average molecular weight is 302 g/mol. The Hall–Kier alpha value is -1.10. The molecule has 6 heteroatoms. The van der Waals surface area contributed by atoms with Crippen LogP contribution in [0.2, 0.25) is 5.02 Å². The van der Waals surface area contributed by atoms with Crippen LogP contribution in [0.4, 0.5) is 0 Å². The van der Waals surface area contributed by atoms with Crippen molar-refractivity contribution in [2.45, 2.75) is 9.74 Å². The molecule has 94 valence electrons. The summed E-state index contributed by atoms with van der Waals surface area (Å²) in [5.74, 6) is 0. The third-order valence-corrected chi connectivity index (χ3v) is 5.15. The number of pyridine rings is 1. The molecule has 1 atom stereocenters. The SMILES string of the molecule is O=S(=O)(c1ccc(Cl)cn1)C(Cl)c1ccccc1. The summed E-state index contributed by atoms with van der Waals surface area (Å²) in [5, 5.41) is 0.288. The molecule has 0 radical (unpaired) electrons. The Balaban J connectivity index is 2.40. The van der Waals surface area contributed by atoms with Gasteiger partial charge in [0.1, 0.15) is 0 Å². The van der Waals surface area contributed by atoms with E-state index in [1.54, 1.807) is 30.3 Å². The number of hydrogen-bond donors (Lipinski definition) is 0. The number of aromatic nitrogens is 1. The fraction of sp³-hybridized carbons (Fsp3) is 0.0833. The first-order chi connectivity index (χ1) is 8.51. The highest BCUT2D eigenvalue weighted by molar-refractivity contribution is 7.92. The van der Waals surface area contributed by atoms with Crippen molar-refractivity contribution in [2.24, 2.45) is 0 Å². The van der Waals surface area contributed by atoms with E-state index in [2.05, 4.69) is 4.98 Å². The fourth-order valence-corrected chi connectivity index (χ4v) is 3.14. The van der Waals surface area contributed by atoms with E-state index in [0.29, 0.717) is 10.6 Å². The monoisotopic (exact) mass is 301 g/mol. The minimum absolute atomic E-state index is 0.0873. The molecule has 18 heavy (non-hydrogen) atoms. The van der Waals surface area contributed by atoms with Gasteiger partial charge in [-0.2, -0.15) is 0 Å². The summed E-state index contributed by atoms with van der Waals surface area (Å²) < 4.78 is 23.3. The second-order valence-corrected chi connectivity index (χ2v) is 6.70. The van der Waals surface area contributed by atoms with Gasteiger partial charge < -0.3 is 0 Å². The number of alkyl halides is 1. The molecular formula is C12H9Cl2NO2S. The van der Waals surface area contributed by atoms with Crippen LogP contribution in [0.5, 0.6) is 0 Å². The highest BCUT2D eigenvalue weighted by Gasteiger charge is 2.28. The number of halogens is 2. The normalized spacial score (nSPS) is 13.2. The first kappa shape index (κ1) is 13.3. The van der Waals surface area contributed by atoms with E-state index in [1.807, 2.05) is 0 Å². The van der Waals surface area contributed by atoms with E-state index < -0.39 is 14.5 Å². The van der Waals surface area contributed by atoms with Crippen LogP contribution in [0.15, 0.2) is 53.7 Å². The second-order valence-electron chi connectivity index (χ2n) is 3.59. The zero-order chi connectivity index (χ0) is 13.2. The molecule has 2 rings (SSSR count). The zero-order valence-electron chi connectivity index (χ0n) is 9.12. The molecule has 0 saturated carbocycles. The van der Waals surface area contributed by atoms with Gasteiger partial charge in [0.15, 0.2) is 9.74 Å². The highest BCUT2D eigenvalue weighted by Crippen LogP contribution is 2.31. The van der Waals surface area contributed by atoms with Crippen molar-refractivity contribution in [1.82, 2.24) is 4.98 Å². The van der Waals surface area contributed by atoms with Crippen molar-refractivity contribution in [2.75, 3.05) is 0 Å². The van der Waals surface area contributed by atoms with Crippen molar-refractivity contribution >= 4 is 33.0 Å². The molecule has 0 aliphatic rings. The molecule has 0 amide bonds. The van der Waals surface area contributed by atoms with Gasteiger partial charge >= 0.3 is 0 Å². The van der Waals surface area contributed by atoms with E-state index in [9.17, 15) is 8.42 Å². The Kier molecular flexibility index (Phi) is 3.90. The lowest BCUT2D eigenvalue weighted by atomic mass is 10.2. The van der Waals surface area contributed by atoms with Gasteiger partial charge in [-0.1, -0.05) is 53.5 Å². The molecule has 0 spiro atoms. The van der Waals surface area contributed by atoms with Crippen LogP contribution >= 0.6 is 23.2 Å². The van der Waals surface area contributed by atoms with E-state index in [1.165, 1.54) is 18.3 Å². The summed E-state index contributed by atoms with van der Waals surface area (Å²) in [6, 6.07) is 11.4. The van der Waals surface area contributed by atoms with E-state index in [-0.39, 0.29) is 5.03 Å². The number of hydrogen-bond acceptors (Lipinski definition) is 3. The molecular weight excluding hydrogens is 293 g/mol. The molecule has 0 fully saturated rings. The molecule has 0 bridgehead atoms. The van der Waals surface area contributed by atoms with Crippen molar-refractivity contribution in [3.05, 3.63) is 59.2 Å². The number of rotatable bonds is 3. The van der Waals surface area contributed by atoms with Crippen LogP contribution in [0.25, 0.3) is 0 Å². The van der Waals surface area contributed by atoms with Crippen LogP contribution in [-0.4, -0.2) is 13.4 Å². The largest absolute Gasteiger partial charge is 0.243 e. The Labute approximate surface area is 115 Å². The Morgan fingerprint density at radius 1 is 1.06 bits per heavy atom. The van der Waals surface area contributed by atoms with Crippen molar-refractivity contribution in [1.29, 1.82) is 0 Å². The van der Waals surface area contributed by atoms with Crippen LogP contribution in [-0.2, 0) is 9.84 Å². The predicted octanol–water partition coefficient (Wildman–Crippen LogP) is 3.45. The molecule has 1 aromatic heterocycles. The Morgan fingerprint density at radius 3 is 2.28 bits per heavy atom. The van der Waals surface area contributed by atoms with Gasteiger partial charge in [-0.3, -0.25) is 0 Å². The maximum Gasteiger partial charge on any atom is 0.216 e. The van der Waals surface area contributed by atoms with Gasteiger partial charge in [0.2, 0.25) is 9.84 Å². The maximum absolute atomic E-state index is 12.2. The molecule has 1 aromatic carbocycles. The predicted molar refractivity (Wildman–Crippen MR) is 71.5 cm³/mol. The lowest BCUT2D eigenvalue weighted by Crippen LogP contribution is -2.10. The first-order valence-electron chi connectivity index (χ1n) is 5.06. The van der Waals surface area contributed by atoms with Crippen LogP contribution in [0.1, 0.15) is 10.3 Å². The molecule has 0 saturated heterocycles. The maximum atomic E-state index is 12.2. The van der Waals surface area contributed by atoms with Gasteiger partial charge in [0, 0.05) is 6.20 Å². The van der Waals surface area contributed by atoms with Gasteiger partial charge in [0.05, 0.1) is 5.02 Å². The van der Waals surface area contributed by atoms with Crippen LogP contribution in [0, 0.1) is 0 Å². The molecule has 1 heterocycles. The Morgan fingerprint density at radius 2 is 1.72 bits per heavy atom. The molecule has 1 unspecified atom stereocenters. The van der Waals surface area contributed by atoms with E-state index in [0.717, 1.165) is 0 Å². The minimum atomic E-state index is -3.71. The molecule has 0 aliphatic heterocycles. The lowest BCUT2D eigenvalue weighted by molar-refractivity contribution is 0.590. The van der Waals surface area contributed by atoms with Crippen LogP contribution < -0.4 is 0 Å².